The molecule has 0 saturated heterocycles. The van der Waals surface area contributed by atoms with Crippen molar-refractivity contribution in [3.05, 3.63) is 93.0 Å². The number of hydrogen-bond donors (Lipinski definition) is 1. The van der Waals surface area contributed by atoms with E-state index in [1.807, 2.05) is 18.2 Å². The molecular weight excluding hydrogens is 425 g/mol. The molecule has 0 radical (unpaired) electrons. The van der Waals surface area contributed by atoms with Gasteiger partial charge in [0.25, 0.3) is 11.5 Å². The second-order valence-electron chi connectivity index (χ2n) is 6.60. The standard InChI is InChI=1S/C21H15Cl2N5O2/c22-16-5-3-7-18(20(16)23)24-19(29)13-27-10-8-14(9-11-27)12-28-21(30)15-4-1-2-6-17(15)25-26-28/h1-11H,12-13H2/p+1. The second kappa shape index (κ2) is 8.61. The highest BCUT2D eigenvalue weighted by Crippen LogP contribution is 2.29. The number of carbonyl (C=O) groups excluding carboxylic acids is 1. The largest absolute Gasteiger partial charge is 0.319 e. The van der Waals surface area contributed by atoms with Crippen LogP contribution in [0, 0.1) is 0 Å². The number of pyridine rings is 1. The van der Waals surface area contributed by atoms with Gasteiger partial charge >= 0.3 is 0 Å². The number of amides is 1. The summed E-state index contributed by atoms with van der Waals surface area (Å²) >= 11 is 12.1. The fourth-order valence-corrected chi connectivity index (χ4v) is 3.30. The highest BCUT2D eigenvalue weighted by Gasteiger charge is 2.13. The Balaban J connectivity index is 1.44. The van der Waals surface area contributed by atoms with Crippen molar-refractivity contribution in [2.75, 3.05) is 5.32 Å². The summed E-state index contributed by atoms with van der Waals surface area (Å²) in [5.41, 5.74) is 1.68. The van der Waals surface area contributed by atoms with Gasteiger partial charge in [0.05, 0.1) is 27.7 Å². The first-order valence-corrected chi connectivity index (χ1v) is 9.81. The summed E-state index contributed by atoms with van der Waals surface area (Å²) < 4.78 is 3.03. The van der Waals surface area contributed by atoms with E-state index in [0.717, 1.165) is 5.56 Å². The van der Waals surface area contributed by atoms with E-state index >= 15 is 0 Å². The topological polar surface area (TPSA) is 80.8 Å². The number of carbonyl (C=O) groups is 1. The fraction of sp³-hybridized carbons (Fsp3) is 0.0952. The van der Waals surface area contributed by atoms with E-state index in [1.165, 1.54) is 4.68 Å². The number of rotatable bonds is 5. The van der Waals surface area contributed by atoms with Gasteiger partial charge < -0.3 is 5.32 Å². The van der Waals surface area contributed by atoms with Crippen molar-refractivity contribution in [1.82, 2.24) is 15.0 Å². The van der Waals surface area contributed by atoms with Gasteiger partial charge in [-0.15, -0.1) is 5.10 Å². The van der Waals surface area contributed by atoms with Crippen LogP contribution in [0.5, 0.6) is 0 Å². The van der Waals surface area contributed by atoms with Crippen molar-refractivity contribution in [2.45, 2.75) is 13.1 Å². The van der Waals surface area contributed by atoms with Crippen molar-refractivity contribution in [2.24, 2.45) is 0 Å². The van der Waals surface area contributed by atoms with Crippen molar-refractivity contribution in [1.29, 1.82) is 0 Å². The number of nitrogens with zero attached hydrogens (tertiary/aromatic N) is 4. The molecule has 0 atom stereocenters. The van der Waals surface area contributed by atoms with Crippen LogP contribution in [0.1, 0.15) is 5.56 Å². The number of aromatic nitrogens is 4. The van der Waals surface area contributed by atoms with E-state index in [-0.39, 0.29) is 24.6 Å². The van der Waals surface area contributed by atoms with Gasteiger partial charge in [0.2, 0.25) is 6.54 Å². The Bertz CT molecular complexity index is 1290. The van der Waals surface area contributed by atoms with Gasteiger partial charge in [-0.1, -0.05) is 46.6 Å². The second-order valence-corrected chi connectivity index (χ2v) is 7.38. The molecule has 2 aromatic heterocycles. The predicted molar refractivity (Wildman–Crippen MR) is 115 cm³/mol. The molecule has 150 valence electrons. The normalized spacial score (nSPS) is 10.9. The van der Waals surface area contributed by atoms with Crippen molar-refractivity contribution >= 4 is 45.7 Å². The van der Waals surface area contributed by atoms with Crippen LogP contribution in [0.3, 0.4) is 0 Å². The zero-order valence-electron chi connectivity index (χ0n) is 15.6. The Morgan fingerprint density at radius 1 is 1.03 bits per heavy atom. The summed E-state index contributed by atoms with van der Waals surface area (Å²) in [4.78, 5) is 24.8. The minimum absolute atomic E-state index is 0.0961. The van der Waals surface area contributed by atoms with Crippen LogP contribution in [0.2, 0.25) is 10.0 Å². The van der Waals surface area contributed by atoms with Gasteiger partial charge in [0.1, 0.15) is 5.52 Å². The molecular formula is C21H16Cl2N5O2+. The fourth-order valence-electron chi connectivity index (χ4n) is 2.95. The average Bonchev–Trinajstić information content (AvgIpc) is 2.75. The predicted octanol–water partition coefficient (Wildman–Crippen LogP) is 3.07. The molecule has 0 saturated carbocycles. The van der Waals surface area contributed by atoms with Gasteiger partial charge in [-0.25, -0.2) is 4.68 Å². The van der Waals surface area contributed by atoms with Crippen LogP contribution < -0.4 is 15.4 Å². The molecule has 0 aliphatic carbocycles. The number of fused-ring (bicyclic) bond motifs is 1. The van der Waals surface area contributed by atoms with Crippen molar-refractivity contribution in [3.63, 3.8) is 0 Å². The Morgan fingerprint density at radius 2 is 1.80 bits per heavy atom. The van der Waals surface area contributed by atoms with Crippen LogP contribution in [-0.2, 0) is 17.9 Å². The minimum Gasteiger partial charge on any atom is -0.319 e. The zero-order chi connectivity index (χ0) is 21.1. The van der Waals surface area contributed by atoms with E-state index in [2.05, 4.69) is 15.6 Å². The maximum Gasteiger partial charge on any atom is 0.290 e. The number of benzene rings is 2. The lowest BCUT2D eigenvalue weighted by atomic mass is 10.2. The third-order valence-electron chi connectivity index (χ3n) is 4.47. The van der Waals surface area contributed by atoms with Crippen LogP contribution in [0.25, 0.3) is 10.9 Å². The van der Waals surface area contributed by atoms with Gasteiger partial charge in [0.15, 0.2) is 12.4 Å². The van der Waals surface area contributed by atoms with Crippen LogP contribution >= 0.6 is 23.2 Å². The molecule has 2 heterocycles. The molecule has 0 unspecified atom stereocenters. The molecule has 0 aliphatic rings. The summed E-state index contributed by atoms with van der Waals surface area (Å²) in [5.74, 6) is -0.242. The van der Waals surface area contributed by atoms with Crippen LogP contribution in [-0.4, -0.2) is 20.9 Å². The van der Waals surface area contributed by atoms with Crippen molar-refractivity contribution in [3.8, 4) is 0 Å². The maximum absolute atomic E-state index is 12.6. The van der Waals surface area contributed by atoms with E-state index < -0.39 is 0 Å². The van der Waals surface area contributed by atoms with Gasteiger partial charge in [-0.2, -0.15) is 4.57 Å². The minimum atomic E-state index is -0.242. The zero-order valence-corrected chi connectivity index (χ0v) is 17.1. The number of hydrogen-bond acceptors (Lipinski definition) is 4. The molecule has 4 aromatic rings. The van der Waals surface area contributed by atoms with E-state index in [1.54, 1.807) is 53.4 Å². The average molecular weight is 441 g/mol. The highest BCUT2D eigenvalue weighted by atomic mass is 35.5. The lowest BCUT2D eigenvalue weighted by Crippen LogP contribution is -2.39. The molecule has 0 spiro atoms. The first-order valence-electron chi connectivity index (χ1n) is 9.05. The van der Waals surface area contributed by atoms with E-state index in [0.29, 0.717) is 26.6 Å². The third kappa shape index (κ3) is 4.32. The van der Waals surface area contributed by atoms with Crippen LogP contribution in [0.4, 0.5) is 5.69 Å². The smallest absolute Gasteiger partial charge is 0.290 e. The molecule has 0 fully saturated rings. The maximum atomic E-state index is 12.6. The summed E-state index contributed by atoms with van der Waals surface area (Å²) in [6, 6.07) is 15.8. The summed E-state index contributed by atoms with van der Waals surface area (Å²) in [7, 11) is 0. The summed E-state index contributed by atoms with van der Waals surface area (Å²) in [6.07, 6.45) is 3.52. The molecule has 0 aliphatic heterocycles. The number of halogens is 2. The molecule has 1 amide bonds. The first kappa shape index (κ1) is 20.0. The summed E-state index contributed by atoms with van der Waals surface area (Å²) in [5, 5.41) is 12.0. The Morgan fingerprint density at radius 3 is 2.60 bits per heavy atom. The molecule has 7 nitrogen and oxygen atoms in total. The quantitative estimate of drug-likeness (QED) is 0.483. The summed E-state index contributed by atoms with van der Waals surface area (Å²) in [6.45, 7) is 0.376. The molecule has 9 heteroatoms. The Kier molecular flexibility index (Phi) is 5.74. The van der Waals surface area contributed by atoms with Crippen molar-refractivity contribution < 1.29 is 9.36 Å². The Hall–Kier alpha value is -3.29. The lowest BCUT2D eigenvalue weighted by molar-refractivity contribution is -0.684. The molecule has 0 bridgehead atoms. The molecule has 2 aromatic carbocycles. The van der Waals surface area contributed by atoms with E-state index in [4.69, 9.17) is 23.2 Å². The number of nitrogens with one attached hydrogen (secondary N) is 1. The first-order chi connectivity index (χ1) is 14.5. The number of anilines is 1. The van der Waals surface area contributed by atoms with E-state index in [9.17, 15) is 9.59 Å². The van der Waals surface area contributed by atoms with Gasteiger partial charge in [-0.3, -0.25) is 9.59 Å². The van der Waals surface area contributed by atoms with Gasteiger partial charge in [-0.05, 0) is 29.8 Å². The lowest BCUT2D eigenvalue weighted by Gasteiger charge is -2.07. The molecule has 1 N–H and O–H groups in total. The Labute approximate surface area is 181 Å². The van der Waals surface area contributed by atoms with Gasteiger partial charge in [0, 0.05) is 12.1 Å². The molecule has 30 heavy (non-hydrogen) atoms. The molecule has 4 rings (SSSR count). The SMILES string of the molecule is O=C(C[n+]1ccc(Cn2nnc3ccccc3c2=O)cc1)Nc1cccc(Cl)c1Cl. The van der Waals surface area contributed by atoms with Crippen LogP contribution in [0.15, 0.2) is 71.8 Å². The monoisotopic (exact) mass is 440 g/mol. The highest BCUT2D eigenvalue weighted by molar-refractivity contribution is 6.43. The third-order valence-corrected chi connectivity index (χ3v) is 5.29.